The normalized spacial score (nSPS) is 22.4. The highest BCUT2D eigenvalue weighted by atomic mass is 15.3. The Hall–Kier alpha value is -1.88. The molecule has 4 rings (SSSR count). The summed E-state index contributed by atoms with van der Waals surface area (Å²) >= 11 is 0. The molecule has 0 radical (unpaired) electrons. The van der Waals surface area contributed by atoms with Crippen molar-refractivity contribution in [1.29, 1.82) is 0 Å². The minimum absolute atomic E-state index is 0.247. The first kappa shape index (κ1) is 11.9. The average Bonchev–Trinajstić information content (AvgIpc) is 3.17. The lowest BCUT2D eigenvalue weighted by Gasteiger charge is -2.20. The Labute approximate surface area is 118 Å². The molecule has 1 unspecified atom stereocenters. The van der Waals surface area contributed by atoms with Crippen LogP contribution in [0.5, 0.6) is 0 Å². The van der Waals surface area contributed by atoms with Crippen LogP contribution in [0, 0.1) is 0 Å². The van der Waals surface area contributed by atoms with Crippen LogP contribution < -0.4 is 16.0 Å². The molecule has 5 heteroatoms. The molecule has 1 aromatic heterocycles. The van der Waals surface area contributed by atoms with E-state index in [0.717, 1.165) is 42.2 Å². The van der Waals surface area contributed by atoms with E-state index in [4.69, 9.17) is 15.7 Å². The third-order valence-electron chi connectivity index (χ3n) is 3.99. The van der Waals surface area contributed by atoms with E-state index in [9.17, 15) is 0 Å². The molecule has 0 bridgehead atoms. The van der Waals surface area contributed by atoms with Gasteiger partial charge in [-0.2, -0.15) is 0 Å². The van der Waals surface area contributed by atoms with Crippen LogP contribution in [-0.2, 0) is 0 Å². The van der Waals surface area contributed by atoms with Gasteiger partial charge < -0.3 is 16.0 Å². The van der Waals surface area contributed by atoms with Gasteiger partial charge in [-0.3, -0.25) is 0 Å². The first-order chi connectivity index (χ1) is 9.79. The third kappa shape index (κ3) is 2.18. The first-order valence-corrected chi connectivity index (χ1v) is 7.33. The van der Waals surface area contributed by atoms with Crippen LogP contribution >= 0.6 is 0 Å². The van der Waals surface area contributed by atoms with Gasteiger partial charge in [0.05, 0.1) is 11.0 Å². The van der Waals surface area contributed by atoms with Gasteiger partial charge in [-0.05, 0) is 31.4 Å². The number of benzene rings is 1. The Balaban J connectivity index is 1.78. The quantitative estimate of drug-likeness (QED) is 0.888. The van der Waals surface area contributed by atoms with E-state index in [-0.39, 0.29) is 6.04 Å². The number of nitrogens with two attached hydrogens (primary N) is 1. The fraction of sp³-hybridized carbons (Fsp3) is 0.467. The second-order valence-electron chi connectivity index (χ2n) is 5.80. The number of fused-ring (bicyclic) bond motifs is 1. The lowest BCUT2D eigenvalue weighted by atomic mass is 10.3. The Kier molecular flexibility index (Phi) is 2.73. The maximum absolute atomic E-state index is 6.03. The second-order valence-corrected chi connectivity index (χ2v) is 5.80. The van der Waals surface area contributed by atoms with Crippen molar-refractivity contribution in [3.8, 4) is 0 Å². The van der Waals surface area contributed by atoms with Crippen LogP contribution in [0.4, 0.5) is 11.6 Å². The van der Waals surface area contributed by atoms with Crippen LogP contribution in [0.2, 0.25) is 0 Å². The maximum atomic E-state index is 6.03. The van der Waals surface area contributed by atoms with Crippen molar-refractivity contribution in [3.05, 3.63) is 24.3 Å². The van der Waals surface area contributed by atoms with Crippen LogP contribution in [0.3, 0.4) is 0 Å². The molecule has 1 atom stereocenters. The molecule has 0 spiro atoms. The number of nitrogens with one attached hydrogen (secondary N) is 1. The summed E-state index contributed by atoms with van der Waals surface area (Å²) in [5.41, 5.74) is 7.92. The van der Waals surface area contributed by atoms with Crippen molar-refractivity contribution >= 4 is 22.7 Å². The lowest BCUT2D eigenvalue weighted by molar-refractivity contribution is 0.751. The molecule has 1 saturated heterocycles. The predicted molar refractivity (Wildman–Crippen MR) is 81.0 cm³/mol. The van der Waals surface area contributed by atoms with Crippen molar-refractivity contribution in [1.82, 2.24) is 9.97 Å². The van der Waals surface area contributed by atoms with Gasteiger partial charge in [0.25, 0.3) is 0 Å². The molecule has 2 aromatic rings. The monoisotopic (exact) mass is 269 g/mol. The topological polar surface area (TPSA) is 67.1 Å². The number of hydrogen-bond acceptors (Lipinski definition) is 5. The average molecular weight is 269 g/mol. The molecule has 20 heavy (non-hydrogen) atoms. The Bertz CT molecular complexity index is 637. The highest BCUT2D eigenvalue weighted by Gasteiger charge is 2.27. The molecule has 5 nitrogen and oxygen atoms in total. The van der Waals surface area contributed by atoms with Gasteiger partial charge >= 0.3 is 0 Å². The first-order valence-electron chi connectivity index (χ1n) is 7.33. The summed E-state index contributed by atoms with van der Waals surface area (Å²) < 4.78 is 0. The summed E-state index contributed by atoms with van der Waals surface area (Å²) in [6.07, 6.45) is 3.48. The smallest absolute Gasteiger partial charge is 0.172 e. The van der Waals surface area contributed by atoms with E-state index in [0.29, 0.717) is 6.04 Å². The van der Waals surface area contributed by atoms with Gasteiger partial charge in [0, 0.05) is 25.2 Å². The van der Waals surface area contributed by atoms with E-state index in [2.05, 4.69) is 10.2 Å². The second kappa shape index (κ2) is 4.59. The van der Waals surface area contributed by atoms with Crippen LogP contribution in [0.25, 0.3) is 11.0 Å². The summed E-state index contributed by atoms with van der Waals surface area (Å²) in [6, 6.07) is 8.86. The Morgan fingerprint density at radius 3 is 2.50 bits per heavy atom. The largest absolute Gasteiger partial charge is 0.364 e. The highest BCUT2D eigenvalue weighted by molar-refractivity contribution is 5.80. The van der Waals surface area contributed by atoms with Gasteiger partial charge in [-0.1, -0.05) is 12.1 Å². The molecule has 104 valence electrons. The summed E-state index contributed by atoms with van der Waals surface area (Å²) in [4.78, 5) is 11.8. The zero-order valence-corrected chi connectivity index (χ0v) is 11.4. The number of para-hydroxylation sites is 2. The van der Waals surface area contributed by atoms with Crippen LogP contribution in [0.15, 0.2) is 24.3 Å². The summed E-state index contributed by atoms with van der Waals surface area (Å²) in [6.45, 7) is 1.83. The van der Waals surface area contributed by atoms with Crippen molar-refractivity contribution in [2.45, 2.75) is 31.3 Å². The van der Waals surface area contributed by atoms with Crippen molar-refractivity contribution in [2.24, 2.45) is 5.73 Å². The minimum Gasteiger partial charge on any atom is -0.364 e. The summed E-state index contributed by atoms with van der Waals surface area (Å²) in [7, 11) is 0. The molecule has 2 fully saturated rings. The maximum Gasteiger partial charge on any atom is 0.172 e. The van der Waals surface area contributed by atoms with Gasteiger partial charge in [-0.15, -0.1) is 0 Å². The number of rotatable bonds is 3. The van der Waals surface area contributed by atoms with Gasteiger partial charge in [0.1, 0.15) is 0 Å². The van der Waals surface area contributed by atoms with Crippen LogP contribution in [0.1, 0.15) is 19.3 Å². The van der Waals surface area contributed by atoms with E-state index in [1.807, 2.05) is 24.3 Å². The molecule has 0 amide bonds. The van der Waals surface area contributed by atoms with Crippen molar-refractivity contribution in [3.63, 3.8) is 0 Å². The zero-order valence-electron chi connectivity index (χ0n) is 11.4. The lowest BCUT2D eigenvalue weighted by Crippen LogP contribution is -2.28. The minimum atomic E-state index is 0.247. The fourth-order valence-corrected chi connectivity index (χ4v) is 2.71. The van der Waals surface area contributed by atoms with Gasteiger partial charge in [0.2, 0.25) is 0 Å². The molecule has 1 aromatic carbocycles. The molecular formula is C15H19N5. The molecule has 2 heterocycles. The molecule has 2 aliphatic rings. The molecule has 1 saturated carbocycles. The van der Waals surface area contributed by atoms with E-state index in [1.165, 1.54) is 12.8 Å². The zero-order chi connectivity index (χ0) is 13.5. The molecule has 3 N–H and O–H groups in total. The summed E-state index contributed by atoms with van der Waals surface area (Å²) in [5, 5.41) is 3.51. The fourth-order valence-electron chi connectivity index (χ4n) is 2.71. The van der Waals surface area contributed by atoms with Crippen molar-refractivity contribution in [2.75, 3.05) is 23.3 Å². The van der Waals surface area contributed by atoms with Gasteiger partial charge in [0.15, 0.2) is 11.6 Å². The molecular weight excluding hydrogens is 250 g/mol. The molecule has 1 aliphatic heterocycles. The predicted octanol–water partition coefficient (Wildman–Crippen LogP) is 1.74. The highest BCUT2D eigenvalue weighted by Crippen LogP contribution is 2.31. The number of aromatic nitrogens is 2. The number of anilines is 2. The SMILES string of the molecule is NC1CCN(c2nc3ccccc3nc2NC2CC2)C1. The Morgan fingerprint density at radius 2 is 1.85 bits per heavy atom. The van der Waals surface area contributed by atoms with Gasteiger partial charge in [-0.25, -0.2) is 9.97 Å². The number of nitrogens with zero attached hydrogens (tertiary/aromatic N) is 3. The third-order valence-corrected chi connectivity index (χ3v) is 3.99. The summed E-state index contributed by atoms with van der Waals surface area (Å²) in [5.74, 6) is 1.88. The number of hydrogen-bond donors (Lipinski definition) is 2. The van der Waals surface area contributed by atoms with Crippen molar-refractivity contribution < 1.29 is 0 Å². The van der Waals surface area contributed by atoms with Crippen LogP contribution in [-0.4, -0.2) is 35.1 Å². The van der Waals surface area contributed by atoms with E-state index >= 15 is 0 Å². The standard InChI is InChI=1S/C15H19N5/c16-10-7-8-20(9-10)15-14(17-11-5-6-11)18-12-3-1-2-4-13(12)19-15/h1-4,10-11H,5-9,16H2,(H,17,18). The van der Waals surface area contributed by atoms with E-state index in [1.54, 1.807) is 0 Å². The Morgan fingerprint density at radius 1 is 1.10 bits per heavy atom. The van der Waals surface area contributed by atoms with E-state index < -0.39 is 0 Å². The molecule has 1 aliphatic carbocycles.